The van der Waals surface area contributed by atoms with Crippen LogP contribution in [-0.4, -0.2) is 30.2 Å². The highest BCUT2D eigenvalue weighted by Gasteiger charge is 2.36. The Hall–Kier alpha value is -1.69. The molecule has 2 amide bonds. The molecule has 1 unspecified atom stereocenters. The lowest BCUT2D eigenvalue weighted by molar-refractivity contribution is -0.122. The predicted molar refractivity (Wildman–Crippen MR) is 78.7 cm³/mol. The zero-order chi connectivity index (χ0) is 14.9. The monoisotopic (exact) mass is 338 g/mol. The zero-order valence-corrected chi connectivity index (χ0v) is 12.9. The number of rotatable bonds is 4. The number of hydrogen-bond donors (Lipinski definition) is 1. The van der Waals surface area contributed by atoms with E-state index < -0.39 is 11.7 Å². The van der Waals surface area contributed by atoms with E-state index in [1.807, 2.05) is 13.8 Å². The molecule has 0 fully saturated rings. The number of nitrogens with zero attached hydrogens (tertiary/aromatic N) is 1. The molecule has 1 aromatic rings. The van der Waals surface area contributed by atoms with Gasteiger partial charge in [-0.25, -0.2) is 0 Å². The van der Waals surface area contributed by atoms with Gasteiger partial charge in [0, 0.05) is 10.5 Å². The number of halogens is 1. The third-order valence-electron chi connectivity index (χ3n) is 3.25. The van der Waals surface area contributed by atoms with Gasteiger partial charge in [-0.05, 0) is 31.5 Å². The molecule has 0 radical (unpaired) electrons. The fourth-order valence-electron chi connectivity index (χ4n) is 2.00. The SMILES string of the molecule is CCC(C)NC(=O)CN1C(=O)C(=O)c2cc(Br)ccc21. The lowest BCUT2D eigenvalue weighted by Crippen LogP contribution is -2.42. The van der Waals surface area contributed by atoms with Crippen LogP contribution in [0.25, 0.3) is 0 Å². The third kappa shape index (κ3) is 2.75. The van der Waals surface area contributed by atoms with Crippen LogP contribution in [-0.2, 0) is 9.59 Å². The minimum atomic E-state index is -0.655. The van der Waals surface area contributed by atoms with Crippen LogP contribution >= 0.6 is 15.9 Å². The summed E-state index contributed by atoms with van der Waals surface area (Å²) in [4.78, 5) is 36.9. The summed E-state index contributed by atoms with van der Waals surface area (Å²) in [6, 6.07) is 5.05. The first-order chi connectivity index (χ1) is 9.43. The average Bonchev–Trinajstić information content (AvgIpc) is 2.63. The third-order valence-corrected chi connectivity index (χ3v) is 3.75. The summed E-state index contributed by atoms with van der Waals surface area (Å²) in [5.41, 5.74) is 0.822. The zero-order valence-electron chi connectivity index (χ0n) is 11.3. The molecule has 1 N–H and O–H groups in total. The Bertz CT molecular complexity index is 586. The Morgan fingerprint density at radius 1 is 1.40 bits per heavy atom. The quantitative estimate of drug-likeness (QED) is 0.852. The van der Waals surface area contributed by atoms with Crippen molar-refractivity contribution < 1.29 is 14.4 Å². The molecule has 1 aromatic carbocycles. The van der Waals surface area contributed by atoms with Crippen LogP contribution in [0.1, 0.15) is 30.6 Å². The molecule has 1 aliphatic heterocycles. The number of benzene rings is 1. The summed E-state index contributed by atoms with van der Waals surface area (Å²) in [6.45, 7) is 3.71. The smallest absolute Gasteiger partial charge is 0.299 e. The van der Waals surface area contributed by atoms with Gasteiger partial charge in [0.1, 0.15) is 6.54 Å². The topological polar surface area (TPSA) is 66.5 Å². The van der Waals surface area contributed by atoms with Gasteiger partial charge in [0.05, 0.1) is 11.3 Å². The molecule has 0 aliphatic carbocycles. The highest BCUT2D eigenvalue weighted by atomic mass is 79.9. The second kappa shape index (κ2) is 5.75. The number of carbonyl (C=O) groups is 3. The molecule has 1 aliphatic rings. The standard InChI is InChI=1S/C14H15BrN2O3/c1-3-8(2)16-12(18)7-17-11-5-4-9(15)6-10(11)13(19)14(17)20/h4-6,8H,3,7H2,1-2H3,(H,16,18). The van der Waals surface area contributed by atoms with Crippen LogP contribution in [0.3, 0.4) is 0 Å². The first-order valence-corrected chi connectivity index (χ1v) is 7.18. The second-order valence-electron chi connectivity index (χ2n) is 4.76. The van der Waals surface area contributed by atoms with Crippen molar-refractivity contribution in [1.82, 2.24) is 5.32 Å². The molecule has 0 spiro atoms. The Balaban J connectivity index is 2.20. The van der Waals surface area contributed by atoms with Crippen molar-refractivity contribution in [2.45, 2.75) is 26.3 Å². The molecule has 6 heteroatoms. The fraction of sp³-hybridized carbons (Fsp3) is 0.357. The number of fused-ring (bicyclic) bond motifs is 1. The van der Waals surface area contributed by atoms with Crippen LogP contribution in [0.2, 0.25) is 0 Å². The lowest BCUT2D eigenvalue weighted by atomic mass is 10.1. The van der Waals surface area contributed by atoms with Crippen molar-refractivity contribution in [3.05, 3.63) is 28.2 Å². The first-order valence-electron chi connectivity index (χ1n) is 6.39. The van der Waals surface area contributed by atoms with E-state index in [2.05, 4.69) is 21.2 Å². The minimum absolute atomic E-state index is 0.0419. The summed E-state index contributed by atoms with van der Waals surface area (Å²) in [7, 11) is 0. The lowest BCUT2D eigenvalue weighted by Gasteiger charge is -2.18. The van der Waals surface area contributed by atoms with Gasteiger partial charge in [-0.1, -0.05) is 22.9 Å². The maximum absolute atomic E-state index is 11.9. The Labute approximate surface area is 125 Å². The molecule has 1 atom stereocenters. The average molecular weight is 339 g/mol. The van der Waals surface area contributed by atoms with Crippen LogP contribution in [0, 0.1) is 0 Å². The van der Waals surface area contributed by atoms with Crippen molar-refractivity contribution in [2.24, 2.45) is 0 Å². The Morgan fingerprint density at radius 3 is 2.75 bits per heavy atom. The number of nitrogens with one attached hydrogen (secondary N) is 1. The number of amides is 2. The van der Waals surface area contributed by atoms with Gasteiger partial charge in [0.25, 0.3) is 11.7 Å². The van der Waals surface area contributed by atoms with E-state index in [0.29, 0.717) is 11.3 Å². The highest BCUT2D eigenvalue weighted by Crippen LogP contribution is 2.30. The van der Waals surface area contributed by atoms with Gasteiger partial charge in [0.2, 0.25) is 5.91 Å². The van der Waals surface area contributed by atoms with E-state index in [1.54, 1.807) is 18.2 Å². The number of carbonyl (C=O) groups excluding carboxylic acids is 3. The number of ketones is 1. The Morgan fingerprint density at radius 2 is 2.10 bits per heavy atom. The molecular formula is C14H15BrN2O3. The molecule has 0 bridgehead atoms. The van der Waals surface area contributed by atoms with Gasteiger partial charge in [-0.2, -0.15) is 0 Å². The van der Waals surface area contributed by atoms with Crippen molar-refractivity contribution in [3.8, 4) is 0 Å². The first kappa shape index (κ1) is 14.7. The van der Waals surface area contributed by atoms with E-state index in [0.717, 1.165) is 10.9 Å². The van der Waals surface area contributed by atoms with Gasteiger partial charge >= 0.3 is 0 Å². The molecular weight excluding hydrogens is 324 g/mol. The summed E-state index contributed by atoms with van der Waals surface area (Å²) < 4.78 is 0.725. The van der Waals surface area contributed by atoms with Gasteiger partial charge in [0.15, 0.2) is 0 Å². The maximum atomic E-state index is 11.9. The van der Waals surface area contributed by atoms with Crippen molar-refractivity contribution >= 4 is 39.2 Å². The van der Waals surface area contributed by atoms with Crippen molar-refractivity contribution in [1.29, 1.82) is 0 Å². The van der Waals surface area contributed by atoms with E-state index in [9.17, 15) is 14.4 Å². The van der Waals surface area contributed by atoms with Crippen LogP contribution < -0.4 is 10.2 Å². The molecule has 20 heavy (non-hydrogen) atoms. The minimum Gasteiger partial charge on any atom is -0.352 e. The van der Waals surface area contributed by atoms with E-state index >= 15 is 0 Å². The van der Waals surface area contributed by atoms with E-state index in [4.69, 9.17) is 0 Å². The fourth-order valence-corrected chi connectivity index (χ4v) is 2.36. The highest BCUT2D eigenvalue weighted by molar-refractivity contribution is 9.10. The summed E-state index contributed by atoms with van der Waals surface area (Å²) in [5, 5.41) is 2.78. The molecule has 0 saturated carbocycles. The summed E-state index contributed by atoms with van der Waals surface area (Å²) in [5.74, 6) is -1.49. The molecule has 106 valence electrons. The van der Waals surface area contributed by atoms with Crippen LogP contribution in [0.15, 0.2) is 22.7 Å². The van der Waals surface area contributed by atoms with Crippen LogP contribution in [0.5, 0.6) is 0 Å². The normalized spacial score (nSPS) is 15.2. The van der Waals surface area contributed by atoms with E-state index in [1.165, 1.54) is 4.90 Å². The number of Topliss-reactive ketones (excluding diaryl/α,β-unsaturated/α-hetero) is 1. The molecule has 1 heterocycles. The molecule has 0 aromatic heterocycles. The van der Waals surface area contributed by atoms with Crippen LogP contribution in [0.4, 0.5) is 5.69 Å². The maximum Gasteiger partial charge on any atom is 0.299 e. The van der Waals surface area contributed by atoms with Gasteiger partial charge in [-0.3, -0.25) is 19.3 Å². The van der Waals surface area contributed by atoms with E-state index in [-0.39, 0.29) is 18.5 Å². The van der Waals surface area contributed by atoms with Crippen molar-refractivity contribution in [3.63, 3.8) is 0 Å². The molecule has 2 rings (SSSR count). The van der Waals surface area contributed by atoms with Gasteiger partial charge in [-0.15, -0.1) is 0 Å². The van der Waals surface area contributed by atoms with Crippen molar-refractivity contribution in [2.75, 3.05) is 11.4 Å². The van der Waals surface area contributed by atoms with Gasteiger partial charge < -0.3 is 5.32 Å². The molecule has 0 saturated heterocycles. The molecule has 5 nitrogen and oxygen atoms in total. The second-order valence-corrected chi connectivity index (χ2v) is 5.67. The predicted octanol–water partition coefficient (Wildman–Crippen LogP) is 1.89. The summed E-state index contributed by atoms with van der Waals surface area (Å²) >= 11 is 3.26. The number of anilines is 1. The Kier molecular flexibility index (Phi) is 4.23. The number of hydrogen-bond acceptors (Lipinski definition) is 3. The summed E-state index contributed by atoms with van der Waals surface area (Å²) in [6.07, 6.45) is 0.808. The largest absolute Gasteiger partial charge is 0.352 e.